The van der Waals surface area contributed by atoms with Crippen LogP contribution in [0.4, 0.5) is 0 Å². The molecular weight excluding hydrogens is 292 g/mol. The normalized spacial score (nSPS) is 15.5. The average Bonchev–Trinajstić information content (AvgIpc) is 2.62. The summed E-state index contributed by atoms with van der Waals surface area (Å²) < 4.78 is 0. The molecule has 0 N–H and O–H groups in total. The maximum Gasteiger partial charge on any atom is 0.272 e. The molecule has 2 amide bonds. The molecule has 0 saturated carbocycles. The largest absolute Gasteiger partial charge is 0.339 e. The molecule has 1 saturated heterocycles. The fourth-order valence-corrected chi connectivity index (χ4v) is 2.80. The zero-order chi connectivity index (χ0) is 16.8. The van der Waals surface area contributed by atoms with Crippen molar-refractivity contribution in [2.24, 2.45) is 0 Å². The van der Waals surface area contributed by atoms with Gasteiger partial charge in [0.25, 0.3) is 11.8 Å². The van der Waals surface area contributed by atoms with E-state index in [1.807, 2.05) is 18.7 Å². The third kappa shape index (κ3) is 4.07. The van der Waals surface area contributed by atoms with Gasteiger partial charge in [0.15, 0.2) is 0 Å². The van der Waals surface area contributed by atoms with Gasteiger partial charge in [-0.3, -0.25) is 14.6 Å². The predicted molar refractivity (Wildman–Crippen MR) is 89.5 cm³/mol. The SMILES string of the molecule is CCN1CCN(C(=O)c2cc(C(=O)N(CC)CC)ccn2)CC1. The third-order valence-electron chi connectivity index (χ3n) is 4.38. The summed E-state index contributed by atoms with van der Waals surface area (Å²) in [5, 5.41) is 0. The van der Waals surface area contributed by atoms with E-state index in [0.29, 0.717) is 37.4 Å². The molecule has 1 aliphatic rings. The zero-order valence-electron chi connectivity index (χ0n) is 14.3. The lowest BCUT2D eigenvalue weighted by Crippen LogP contribution is -2.48. The number of carbonyl (C=O) groups excluding carboxylic acids is 2. The Balaban J connectivity index is 2.10. The zero-order valence-corrected chi connectivity index (χ0v) is 14.3. The van der Waals surface area contributed by atoms with Crippen molar-refractivity contribution in [2.45, 2.75) is 20.8 Å². The summed E-state index contributed by atoms with van der Waals surface area (Å²) in [7, 11) is 0. The van der Waals surface area contributed by atoms with Crippen molar-refractivity contribution in [1.29, 1.82) is 0 Å². The summed E-state index contributed by atoms with van der Waals surface area (Å²) >= 11 is 0. The molecule has 23 heavy (non-hydrogen) atoms. The molecule has 0 atom stereocenters. The Morgan fingerprint density at radius 2 is 1.78 bits per heavy atom. The van der Waals surface area contributed by atoms with Crippen LogP contribution in [0.3, 0.4) is 0 Å². The Morgan fingerprint density at radius 3 is 2.35 bits per heavy atom. The molecule has 1 fully saturated rings. The van der Waals surface area contributed by atoms with Crippen LogP contribution in [0, 0.1) is 0 Å². The Hall–Kier alpha value is -1.95. The standard InChI is InChI=1S/C17H26N4O2/c1-4-19-9-11-21(12-10-19)17(23)15-13-14(7-8-18-15)16(22)20(5-2)6-3/h7-8,13H,4-6,9-12H2,1-3H3. The highest BCUT2D eigenvalue weighted by molar-refractivity contribution is 5.98. The molecular formula is C17H26N4O2. The number of piperazine rings is 1. The van der Waals surface area contributed by atoms with Gasteiger partial charge in [0, 0.05) is 51.0 Å². The number of likely N-dealkylation sites (N-methyl/N-ethyl adjacent to an activating group) is 1. The van der Waals surface area contributed by atoms with Gasteiger partial charge >= 0.3 is 0 Å². The molecule has 2 heterocycles. The molecule has 6 nitrogen and oxygen atoms in total. The van der Waals surface area contributed by atoms with E-state index in [0.717, 1.165) is 19.6 Å². The van der Waals surface area contributed by atoms with Crippen molar-refractivity contribution < 1.29 is 9.59 Å². The fraction of sp³-hybridized carbons (Fsp3) is 0.588. The summed E-state index contributed by atoms with van der Waals surface area (Å²) in [5.41, 5.74) is 0.882. The second-order valence-corrected chi connectivity index (χ2v) is 5.63. The Bertz CT molecular complexity index is 549. The van der Waals surface area contributed by atoms with Gasteiger partial charge in [-0.1, -0.05) is 6.92 Å². The van der Waals surface area contributed by atoms with Gasteiger partial charge in [-0.05, 0) is 32.5 Å². The number of hydrogen-bond donors (Lipinski definition) is 0. The van der Waals surface area contributed by atoms with E-state index < -0.39 is 0 Å². The molecule has 1 aliphatic heterocycles. The van der Waals surface area contributed by atoms with Gasteiger partial charge in [-0.25, -0.2) is 0 Å². The number of pyridine rings is 1. The third-order valence-corrected chi connectivity index (χ3v) is 4.38. The molecule has 6 heteroatoms. The highest BCUT2D eigenvalue weighted by Crippen LogP contribution is 2.11. The maximum absolute atomic E-state index is 12.6. The van der Waals surface area contributed by atoms with Gasteiger partial charge in [0.1, 0.15) is 5.69 Å². The molecule has 1 aromatic heterocycles. The van der Waals surface area contributed by atoms with E-state index in [1.54, 1.807) is 23.2 Å². The lowest BCUT2D eigenvalue weighted by molar-refractivity contribution is 0.0637. The van der Waals surface area contributed by atoms with E-state index in [2.05, 4.69) is 16.8 Å². The first-order valence-electron chi connectivity index (χ1n) is 8.37. The van der Waals surface area contributed by atoms with Crippen molar-refractivity contribution in [3.8, 4) is 0 Å². The monoisotopic (exact) mass is 318 g/mol. The summed E-state index contributed by atoms with van der Waals surface area (Å²) in [4.78, 5) is 35.1. The second-order valence-electron chi connectivity index (χ2n) is 5.63. The minimum Gasteiger partial charge on any atom is -0.339 e. The molecule has 0 bridgehead atoms. The molecule has 0 unspecified atom stereocenters. The molecule has 0 radical (unpaired) electrons. The van der Waals surface area contributed by atoms with Crippen molar-refractivity contribution >= 4 is 11.8 Å². The molecule has 0 spiro atoms. The van der Waals surface area contributed by atoms with Crippen molar-refractivity contribution in [2.75, 3.05) is 45.8 Å². The first kappa shape index (κ1) is 17.4. The van der Waals surface area contributed by atoms with Gasteiger partial charge in [0.2, 0.25) is 0 Å². The smallest absolute Gasteiger partial charge is 0.272 e. The average molecular weight is 318 g/mol. The fourth-order valence-electron chi connectivity index (χ4n) is 2.80. The van der Waals surface area contributed by atoms with Crippen LogP contribution in [-0.4, -0.2) is 77.3 Å². The summed E-state index contributed by atoms with van der Waals surface area (Å²) in [6, 6.07) is 3.29. The Morgan fingerprint density at radius 1 is 1.13 bits per heavy atom. The van der Waals surface area contributed by atoms with Gasteiger partial charge in [-0.2, -0.15) is 0 Å². The van der Waals surface area contributed by atoms with Crippen LogP contribution in [0.5, 0.6) is 0 Å². The topological polar surface area (TPSA) is 56.8 Å². The van der Waals surface area contributed by atoms with Crippen LogP contribution >= 0.6 is 0 Å². The predicted octanol–water partition coefficient (Wildman–Crippen LogP) is 1.34. The van der Waals surface area contributed by atoms with Crippen LogP contribution < -0.4 is 0 Å². The van der Waals surface area contributed by atoms with Crippen molar-refractivity contribution in [3.63, 3.8) is 0 Å². The summed E-state index contributed by atoms with van der Waals surface area (Å²) in [6.45, 7) is 11.5. The van der Waals surface area contributed by atoms with Crippen LogP contribution in [-0.2, 0) is 0 Å². The lowest BCUT2D eigenvalue weighted by Gasteiger charge is -2.33. The number of hydrogen-bond acceptors (Lipinski definition) is 4. The molecule has 0 aromatic carbocycles. The molecule has 1 aromatic rings. The number of rotatable bonds is 5. The van der Waals surface area contributed by atoms with Crippen LogP contribution in [0.1, 0.15) is 41.6 Å². The van der Waals surface area contributed by atoms with Gasteiger partial charge in [-0.15, -0.1) is 0 Å². The Kier molecular flexibility index (Phi) is 6.10. The minimum atomic E-state index is -0.0880. The highest BCUT2D eigenvalue weighted by atomic mass is 16.2. The quantitative estimate of drug-likeness (QED) is 0.822. The summed E-state index contributed by atoms with van der Waals surface area (Å²) in [5.74, 6) is -0.141. The second kappa shape index (κ2) is 8.06. The van der Waals surface area contributed by atoms with E-state index in [-0.39, 0.29) is 11.8 Å². The lowest BCUT2D eigenvalue weighted by atomic mass is 10.1. The van der Waals surface area contributed by atoms with E-state index in [1.165, 1.54) is 0 Å². The van der Waals surface area contributed by atoms with E-state index >= 15 is 0 Å². The minimum absolute atomic E-state index is 0.0535. The Labute approximate surface area is 138 Å². The first-order valence-corrected chi connectivity index (χ1v) is 8.37. The van der Waals surface area contributed by atoms with Gasteiger partial charge in [0.05, 0.1) is 0 Å². The number of nitrogens with zero attached hydrogens (tertiary/aromatic N) is 4. The number of carbonyl (C=O) groups is 2. The van der Waals surface area contributed by atoms with Crippen LogP contribution in [0.25, 0.3) is 0 Å². The number of amides is 2. The number of aromatic nitrogens is 1. The van der Waals surface area contributed by atoms with Crippen LogP contribution in [0.15, 0.2) is 18.3 Å². The molecule has 126 valence electrons. The summed E-state index contributed by atoms with van der Waals surface area (Å²) in [6.07, 6.45) is 1.55. The van der Waals surface area contributed by atoms with Crippen LogP contribution in [0.2, 0.25) is 0 Å². The van der Waals surface area contributed by atoms with E-state index in [4.69, 9.17) is 0 Å². The van der Waals surface area contributed by atoms with E-state index in [9.17, 15) is 9.59 Å². The molecule has 0 aliphatic carbocycles. The molecule has 2 rings (SSSR count). The first-order chi connectivity index (χ1) is 11.1. The van der Waals surface area contributed by atoms with Gasteiger partial charge < -0.3 is 14.7 Å². The maximum atomic E-state index is 12.6. The highest BCUT2D eigenvalue weighted by Gasteiger charge is 2.23. The van der Waals surface area contributed by atoms with Crippen molar-refractivity contribution in [3.05, 3.63) is 29.6 Å². The van der Waals surface area contributed by atoms with Crippen molar-refractivity contribution in [1.82, 2.24) is 19.7 Å².